The molecule has 0 N–H and O–H groups in total. The molecule has 0 aromatic heterocycles. The number of esters is 1. The van der Waals surface area contributed by atoms with Gasteiger partial charge in [0.15, 0.2) is 0 Å². The fraction of sp³-hybridized carbons (Fsp3) is 0.370. The molecule has 2 aromatic rings. The van der Waals surface area contributed by atoms with Crippen LogP contribution in [0.2, 0.25) is 0 Å². The second-order valence-electron chi connectivity index (χ2n) is 9.50. The Morgan fingerprint density at radius 3 is 2.06 bits per heavy atom. The van der Waals surface area contributed by atoms with Crippen molar-refractivity contribution in [3.63, 3.8) is 0 Å². The molecule has 7 rings (SSSR count). The van der Waals surface area contributed by atoms with Crippen LogP contribution in [0.25, 0.3) is 0 Å². The van der Waals surface area contributed by atoms with E-state index in [0.29, 0.717) is 28.8 Å². The van der Waals surface area contributed by atoms with Crippen molar-refractivity contribution in [3.05, 3.63) is 71.8 Å². The summed E-state index contributed by atoms with van der Waals surface area (Å²) in [5.41, 5.74) is 2.12. The van der Waals surface area contributed by atoms with Gasteiger partial charge in [0.2, 0.25) is 11.8 Å². The highest BCUT2D eigenvalue weighted by atomic mass is 16.5. The molecule has 6 atom stereocenters. The van der Waals surface area contributed by atoms with Crippen molar-refractivity contribution in [2.24, 2.45) is 35.5 Å². The lowest BCUT2D eigenvalue weighted by Gasteiger charge is -2.37. The van der Waals surface area contributed by atoms with Crippen molar-refractivity contribution >= 4 is 23.5 Å². The van der Waals surface area contributed by atoms with Crippen LogP contribution in [0.5, 0.6) is 5.75 Å². The van der Waals surface area contributed by atoms with Crippen molar-refractivity contribution in [1.82, 2.24) is 0 Å². The average molecular weight is 428 g/mol. The molecule has 162 valence electrons. The van der Waals surface area contributed by atoms with E-state index in [9.17, 15) is 14.4 Å². The summed E-state index contributed by atoms with van der Waals surface area (Å²) in [6.45, 7) is 2.12. The van der Waals surface area contributed by atoms with Gasteiger partial charge in [-0.1, -0.05) is 37.6 Å². The van der Waals surface area contributed by atoms with Gasteiger partial charge in [0.1, 0.15) is 5.75 Å². The summed E-state index contributed by atoms with van der Waals surface area (Å²) in [5.74, 6) is 0.975. The Hall–Kier alpha value is -3.21. The molecule has 1 aliphatic heterocycles. The summed E-state index contributed by atoms with van der Waals surface area (Å²) in [5, 5.41) is 0. The number of anilines is 1. The lowest BCUT2D eigenvalue weighted by atomic mass is 9.63. The Morgan fingerprint density at radius 2 is 1.50 bits per heavy atom. The van der Waals surface area contributed by atoms with Crippen molar-refractivity contribution in [1.29, 1.82) is 0 Å². The largest absolute Gasteiger partial charge is 0.423 e. The van der Waals surface area contributed by atoms with Crippen LogP contribution in [0, 0.1) is 35.5 Å². The molecule has 2 bridgehead atoms. The molecular formula is C27H25NO4. The van der Waals surface area contributed by atoms with Crippen LogP contribution < -0.4 is 9.64 Å². The number of rotatable bonds is 5. The molecule has 2 amide bonds. The quantitative estimate of drug-likeness (QED) is 0.307. The molecule has 5 heteroatoms. The van der Waals surface area contributed by atoms with E-state index in [2.05, 4.69) is 19.1 Å². The maximum atomic E-state index is 13.2. The van der Waals surface area contributed by atoms with Gasteiger partial charge in [-0.05, 0) is 78.5 Å². The average Bonchev–Trinajstić information content (AvgIpc) is 3.59. The monoisotopic (exact) mass is 427 g/mol. The van der Waals surface area contributed by atoms with E-state index in [1.807, 2.05) is 12.1 Å². The number of allylic oxidation sites excluding steroid dienone is 2. The van der Waals surface area contributed by atoms with Gasteiger partial charge < -0.3 is 4.74 Å². The van der Waals surface area contributed by atoms with Gasteiger partial charge in [-0.2, -0.15) is 0 Å². The molecule has 2 saturated carbocycles. The molecule has 5 aliphatic rings. The van der Waals surface area contributed by atoms with Gasteiger partial charge >= 0.3 is 5.97 Å². The molecule has 5 nitrogen and oxygen atoms in total. The predicted octanol–water partition coefficient (Wildman–Crippen LogP) is 4.42. The minimum absolute atomic E-state index is 0.0906. The minimum Gasteiger partial charge on any atom is -0.423 e. The number of aryl methyl sites for hydroxylation is 1. The molecule has 0 spiro atoms. The molecule has 1 heterocycles. The van der Waals surface area contributed by atoms with E-state index >= 15 is 0 Å². The standard InChI is InChI=1S/C27H25NO4/c1-2-3-15-4-10-18(11-5-15)32-27(31)16-6-8-17(9-7-16)28-25(29)23-19-12-13-20(22-14-21(19)22)24(23)26(28)30/h4-13,19-24H,2-3,14H2,1H3/t19-,20-,21-,22+,23+,24+/m0/s1. The third-order valence-electron chi connectivity index (χ3n) is 7.70. The van der Waals surface area contributed by atoms with E-state index in [1.165, 1.54) is 10.5 Å². The first-order valence-electron chi connectivity index (χ1n) is 11.5. The number of hydrogen-bond donors (Lipinski definition) is 0. The molecule has 0 radical (unpaired) electrons. The highest BCUT2D eigenvalue weighted by Gasteiger charge is 2.67. The SMILES string of the molecule is CCCc1ccc(OC(=O)c2ccc(N3C(=O)[C@@H]4[C@H]5C=C[C@@H]([C@@H]6C[C@H]56)[C@H]4C3=O)cc2)cc1. The number of nitrogens with zero attached hydrogens (tertiary/aromatic N) is 1. The Balaban J connectivity index is 1.18. The number of carbonyl (C=O) groups is 3. The van der Waals surface area contributed by atoms with Gasteiger partial charge in [-0.15, -0.1) is 0 Å². The molecule has 1 saturated heterocycles. The summed E-state index contributed by atoms with van der Waals surface area (Å²) in [4.78, 5) is 40.3. The summed E-state index contributed by atoms with van der Waals surface area (Å²) in [7, 11) is 0. The van der Waals surface area contributed by atoms with E-state index in [1.54, 1.807) is 36.4 Å². The summed E-state index contributed by atoms with van der Waals surface area (Å²) < 4.78 is 5.48. The first kappa shape index (κ1) is 19.5. The number of amides is 2. The minimum atomic E-state index is -0.463. The zero-order valence-electron chi connectivity index (χ0n) is 17.9. The van der Waals surface area contributed by atoms with Crippen molar-refractivity contribution in [3.8, 4) is 5.75 Å². The maximum Gasteiger partial charge on any atom is 0.343 e. The van der Waals surface area contributed by atoms with Gasteiger partial charge in [-0.3, -0.25) is 14.5 Å². The second kappa shape index (κ2) is 7.16. The maximum absolute atomic E-state index is 13.2. The van der Waals surface area contributed by atoms with E-state index < -0.39 is 5.97 Å². The van der Waals surface area contributed by atoms with Crippen LogP contribution in [0.1, 0.15) is 35.7 Å². The van der Waals surface area contributed by atoms with Crippen LogP contribution in [0.3, 0.4) is 0 Å². The van der Waals surface area contributed by atoms with E-state index in [4.69, 9.17) is 4.74 Å². The fourth-order valence-electron chi connectivity index (χ4n) is 6.14. The third-order valence-corrected chi connectivity index (χ3v) is 7.70. The zero-order chi connectivity index (χ0) is 22.0. The Kier molecular flexibility index (Phi) is 4.36. The van der Waals surface area contributed by atoms with Crippen LogP contribution >= 0.6 is 0 Å². The number of carbonyl (C=O) groups excluding carboxylic acids is 3. The Labute approximate surface area is 187 Å². The number of hydrogen-bond acceptors (Lipinski definition) is 4. The highest BCUT2D eigenvalue weighted by Crippen LogP contribution is 2.65. The third kappa shape index (κ3) is 2.87. The summed E-state index contributed by atoms with van der Waals surface area (Å²) in [6, 6.07) is 14.1. The Morgan fingerprint density at radius 1 is 0.906 bits per heavy atom. The first-order valence-corrected chi connectivity index (χ1v) is 11.5. The molecule has 32 heavy (non-hydrogen) atoms. The van der Waals surface area contributed by atoms with Crippen LogP contribution in [0.4, 0.5) is 5.69 Å². The zero-order valence-corrected chi connectivity index (χ0v) is 17.9. The van der Waals surface area contributed by atoms with Crippen LogP contribution in [-0.4, -0.2) is 17.8 Å². The van der Waals surface area contributed by atoms with Gasteiger partial charge in [-0.25, -0.2) is 4.79 Å². The van der Waals surface area contributed by atoms with Crippen LogP contribution in [-0.2, 0) is 16.0 Å². The van der Waals surface area contributed by atoms with Gasteiger partial charge in [0, 0.05) is 0 Å². The summed E-state index contributed by atoms with van der Waals surface area (Å²) >= 11 is 0. The fourth-order valence-corrected chi connectivity index (χ4v) is 6.14. The van der Waals surface area contributed by atoms with Crippen molar-refractivity contribution in [2.45, 2.75) is 26.2 Å². The van der Waals surface area contributed by atoms with E-state index in [-0.39, 0.29) is 35.5 Å². The number of ether oxygens (including phenoxy) is 1. The topological polar surface area (TPSA) is 63.7 Å². The normalized spacial score (nSPS) is 31.5. The molecule has 2 aromatic carbocycles. The molecular weight excluding hydrogens is 402 g/mol. The summed E-state index contributed by atoms with van der Waals surface area (Å²) in [6.07, 6.45) is 7.54. The Bertz CT molecular complexity index is 1100. The molecule has 0 unspecified atom stereocenters. The number of benzene rings is 2. The van der Waals surface area contributed by atoms with E-state index in [0.717, 1.165) is 19.3 Å². The smallest absolute Gasteiger partial charge is 0.343 e. The second-order valence-corrected chi connectivity index (χ2v) is 9.50. The van der Waals surface area contributed by atoms with Gasteiger partial charge in [0.05, 0.1) is 23.1 Å². The lowest BCUT2D eigenvalue weighted by molar-refractivity contribution is -0.124. The van der Waals surface area contributed by atoms with Crippen molar-refractivity contribution in [2.75, 3.05) is 4.90 Å². The molecule has 3 fully saturated rings. The first-order chi connectivity index (χ1) is 15.6. The highest BCUT2D eigenvalue weighted by molar-refractivity contribution is 6.22. The van der Waals surface area contributed by atoms with Gasteiger partial charge in [0.25, 0.3) is 0 Å². The lowest BCUT2D eigenvalue weighted by Crippen LogP contribution is -2.40. The molecule has 4 aliphatic carbocycles. The van der Waals surface area contributed by atoms with Crippen LogP contribution in [0.15, 0.2) is 60.7 Å². The van der Waals surface area contributed by atoms with Crippen molar-refractivity contribution < 1.29 is 19.1 Å². The number of imide groups is 1. The predicted molar refractivity (Wildman–Crippen MR) is 119 cm³/mol.